The highest BCUT2D eigenvalue weighted by Gasteiger charge is 1.96. The van der Waals surface area contributed by atoms with Gasteiger partial charge in [-0.25, -0.2) is 0 Å². The molecule has 0 saturated carbocycles. The molecule has 0 bridgehead atoms. The van der Waals surface area contributed by atoms with Crippen LogP contribution in [0.2, 0.25) is 0 Å². The molecule has 0 aromatic rings. The predicted octanol–water partition coefficient (Wildman–Crippen LogP) is -3.07. The quantitative estimate of drug-likeness (QED) is 0.153. The first-order valence-corrected chi connectivity index (χ1v) is 3.68. The molecule has 10 N–H and O–H groups in total. The Morgan fingerprint density at radius 1 is 1.15 bits per heavy atom. The van der Waals surface area contributed by atoms with Crippen molar-refractivity contribution >= 4 is 11.9 Å². The van der Waals surface area contributed by atoms with Gasteiger partial charge in [0.05, 0.1) is 12.6 Å². The lowest BCUT2D eigenvalue weighted by molar-refractivity contribution is 0.527. The van der Waals surface area contributed by atoms with E-state index in [2.05, 4.69) is 21.1 Å². The number of hydrogen-bond acceptors (Lipinski definition) is 4. The molecule has 0 fully saturated rings. The van der Waals surface area contributed by atoms with Crippen LogP contribution < -0.4 is 33.8 Å². The van der Waals surface area contributed by atoms with E-state index < -0.39 is 0 Å². The number of hydrazone groups is 2. The van der Waals surface area contributed by atoms with Gasteiger partial charge in [0.1, 0.15) is 0 Å². The van der Waals surface area contributed by atoms with Gasteiger partial charge >= 0.3 is 0 Å². The first-order valence-electron chi connectivity index (χ1n) is 3.68. The molecule has 0 aliphatic heterocycles. The molecule has 0 saturated heterocycles. The minimum atomic E-state index is -0.0197. The predicted molar refractivity (Wildman–Crippen MR) is 52.2 cm³/mol. The summed E-state index contributed by atoms with van der Waals surface area (Å²) in [7, 11) is 0. The van der Waals surface area contributed by atoms with Crippen LogP contribution in [0.4, 0.5) is 0 Å². The molecule has 0 aliphatic carbocycles. The van der Waals surface area contributed by atoms with Gasteiger partial charge in [-0.15, -0.1) is 10.2 Å². The van der Waals surface area contributed by atoms with E-state index >= 15 is 0 Å². The Bertz CT molecular complexity index is 189. The fourth-order valence-electron chi connectivity index (χ4n) is 0.504. The molecule has 8 heteroatoms. The second kappa shape index (κ2) is 5.75. The molecule has 8 nitrogen and oxygen atoms in total. The molecule has 0 unspecified atom stereocenters. The van der Waals surface area contributed by atoms with Gasteiger partial charge in [-0.2, -0.15) is 0 Å². The third kappa shape index (κ3) is 8.04. The minimum absolute atomic E-state index is 0.0187. The molecule has 0 spiro atoms. The van der Waals surface area contributed by atoms with Crippen molar-refractivity contribution in [3.05, 3.63) is 0 Å². The SMILES string of the molecule is C[C@@H](CNN=C(N)N)NN=C(N)N. The number of hydrogen-bond donors (Lipinski definition) is 6. The molecule has 1 atom stereocenters. The van der Waals surface area contributed by atoms with E-state index in [1.165, 1.54) is 0 Å². The molecule has 0 heterocycles. The Kier molecular flexibility index (Phi) is 4.93. The summed E-state index contributed by atoms with van der Waals surface area (Å²) < 4.78 is 0. The highest BCUT2D eigenvalue weighted by Crippen LogP contribution is 1.77. The minimum Gasteiger partial charge on any atom is -0.369 e. The van der Waals surface area contributed by atoms with E-state index in [1.807, 2.05) is 6.92 Å². The normalized spacial score (nSPS) is 11.2. The second-order valence-electron chi connectivity index (χ2n) is 2.47. The molecule has 0 amide bonds. The zero-order valence-corrected chi connectivity index (χ0v) is 7.49. The number of nitrogens with one attached hydrogen (secondary N) is 2. The van der Waals surface area contributed by atoms with Crippen molar-refractivity contribution in [2.75, 3.05) is 6.54 Å². The number of nitrogens with two attached hydrogens (primary N) is 4. The van der Waals surface area contributed by atoms with Gasteiger partial charge in [0.25, 0.3) is 0 Å². The third-order valence-corrected chi connectivity index (χ3v) is 1.02. The number of guanidine groups is 2. The van der Waals surface area contributed by atoms with Crippen molar-refractivity contribution in [3.8, 4) is 0 Å². The Labute approximate surface area is 76.4 Å². The summed E-state index contributed by atoms with van der Waals surface area (Å²) in [5.41, 5.74) is 25.7. The average Bonchev–Trinajstić information content (AvgIpc) is 2.00. The van der Waals surface area contributed by atoms with Gasteiger partial charge in [-0.1, -0.05) is 0 Å². The Balaban J connectivity index is 3.58. The van der Waals surface area contributed by atoms with E-state index in [1.54, 1.807) is 0 Å². The van der Waals surface area contributed by atoms with Gasteiger partial charge in [0.2, 0.25) is 11.9 Å². The number of nitrogens with zero attached hydrogens (tertiary/aromatic N) is 2. The van der Waals surface area contributed by atoms with Crippen LogP contribution in [-0.4, -0.2) is 24.5 Å². The van der Waals surface area contributed by atoms with Crippen molar-refractivity contribution in [2.45, 2.75) is 13.0 Å². The van der Waals surface area contributed by atoms with Crippen LogP contribution in [0, 0.1) is 0 Å². The topological polar surface area (TPSA) is 153 Å². The van der Waals surface area contributed by atoms with Gasteiger partial charge < -0.3 is 33.8 Å². The average molecular weight is 188 g/mol. The van der Waals surface area contributed by atoms with E-state index in [0.717, 1.165) is 0 Å². The fraction of sp³-hybridized carbons (Fsp3) is 0.600. The first-order chi connectivity index (χ1) is 6.02. The van der Waals surface area contributed by atoms with Crippen molar-refractivity contribution in [1.29, 1.82) is 0 Å². The summed E-state index contributed by atoms with van der Waals surface area (Å²) in [5.74, 6) is -0.0391. The Morgan fingerprint density at radius 3 is 2.15 bits per heavy atom. The van der Waals surface area contributed by atoms with Gasteiger partial charge in [0, 0.05) is 0 Å². The first kappa shape index (κ1) is 11.1. The molecule has 0 aromatic heterocycles. The molecule has 76 valence electrons. The zero-order valence-electron chi connectivity index (χ0n) is 7.49. The van der Waals surface area contributed by atoms with Crippen LogP contribution >= 0.6 is 0 Å². The zero-order chi connectivity index (χ0) is 10.3. The number of rotatable bonds is 5. The van der Waals surface area contributed by atoms with Crippen LogP contribution in [0.3, 0.4) is 0 Å². The van der Waals surface area contributed by atoms with Gasteiger partial charge in [0.15, 0.2) is 0 Å². The van der Waals surface area contributed by atoms with Crippen LogP contribution in [0.15, 0.2) is 10.2 Å². The summed E-state index contributed by atoms with van der Waals surface area (Å²) in [6.45, 7) is 2.37. The monoisotopic (exact) mass is 188 g/mol. The summed E-state index contributed by atoms with van der Waals surface area (Å²) in [6, 6.07) is 0.0187. The standard InChI is InChI=1S/C5H16N8/c1-3(11-13-5(8)9)2-10-12-4(6)7/h3,10-11H,2H2,1H3,(H4,6,7,12)(H4,8,9,13)/t3-/m0/s1. The summed E-state index contributed by atoms with van der Waals surface area (Å²) >= 11 is 0. The second-order valence-corrected chi connectivity index (χ2v) is 2.47. The lowest BCUT2D eigenvalue weighted by Gasteiger charge is -2.10. The molecule has 13 heavy (non-hydrogen) atoms. The smallest absolute Gasteiger partial charge is 0.208 e. The molecule has 0 aliphatic rings. The van der Waals surface area contributed by atoms with E-state index in [-0.39, 0.29) is 18.0 Å². The molecule has 0 aromatic carbocycles. The van der Waals surface area contributed by atoms with Crippen molar-refractivity contribution in [2.24, 2.45) is 33.1 Å². The highest BCUT2D eigenvalue weighted by molar-refractivity contribution is 5.75. The van der Waals surface area contributed by atoms with Gasteiger partial charge in [-0.05, 0) is 6.92 Å². The Hall–Kier alpha value is -1.86. The molecule has 0 radical (unpaired) electrons. The van der Waals surface area contributed by atoms with Crippen molar-refractivity contribution < 1.29 is 0 Å². The van der Waals surface area contributed by atoms with Crippen molar-refractivity contribution in [1.82, 2.24) is 10.9 Å². The third-order valence-electron chi connectivity index (χ3n) is 1.02. The van der Waals surface area contributed by atoms with Crippen LogP contribution in [0.25, 0.3) is 0 Å². The molecule has 0 rings (SSSR count). The largest absolute Gasteiger partial charge is 0.369 e. The summed E-state index contributed by atoms with van der Waals surface area (Å²) in [6.07, 6.45) is 0. The maximum absolute atomic E-state index is 5.09. The van der Waals surface area contributed by atoms with Crippen molar-refractivity contribution in [3.63, 3.8) is 0 Å². The van der Waals surface area contributed by atoms with E-state index in [0.29, 0.717) is 6.54 Å². The summed E-state index contributed by atoms with van der Waals surface area (Å²) in [5, 5.41) is 7.16. The fourth-order valence-corrected chi connectivity index (χ4v) is 0.504. The molecular formula is C5H16N8. The molecular weight excluding hydrogens is 172 g/mol. The summed E-state index contributed by atoms with van der Waals surface area (Å²) in [4.78, 5) is 0. The van der Waals surface area contributed by atoms with E-state index in [4.69, 9.17) is 22.9 Å². The maximum Gasteiger partial charge on any atom is 0.208 e. The lowest BCUT2D eigenvalue weighted by atomic mass is 10.4. The highest BCUT2D eigenvalue weighted by atomic mass is 15.4. The lowest BCUT2D eigenvalue weighted by Crippen LogP contribution is -2.36. The van der Waals surface area contributed by atoms with Crippen LogP contribution in [-0.2, 0) is 0 Å². The maximum atomic E-state index is 5.09. The van der Waals surface area contributed by atoms with Crippen LogP contribution in [0.5, 0.6) is 0 Å². The van der Waals surface area contributed by atoms with Crippen LogP contribution in [0.1, 0.15) is 6.92 Å². The van der Waals surface area contributed by atoms with E-state index in [9.17, 15) is 0 Å². The Morgan fingerprint density at radius 2 is 1.69 bits per heavy atom. The van der Waals surface area contributed by atoms with Gasteiger partial charge in [-0.3, -0.25) is 0 Å².